The van der Waals surface area contributed by atoms with Gasteiger partial charge in [0.1, 0.15) is 78.0 Å². The Balaban J connectivity index is 1.22. The quantitative estimate of drug-likeness (QED) is 0.0413. The van der Waals surface area contributed by atoms with E-state index in [2.05, 4.69) is 52.8 Å². The van der Waals surface area contributed by atoms with Gasteiger partial charge in [0, 0.05) is 90.2 Å². The number of amides is 15. The van der Waals surface area contributed by atoms with E-state index >= 15 is 43.2 Å². The zero-order valence-corrected chi connectivity index (χ0v) is 76.5. The van der Waals surface area contributed by atoms with Gasteiger partial charge in [-0.25, -0.2) is 0 Å². The number of aryl methyl sites for hydroxylation is 2. The van der Waals surface area contributed by atoms with Crippen LogP contribution in [0, 0.1) is 18.8 Å². The van der Waals surface area contributed by atoms with Crippen molar-refractivity contribution in [1.29, 1.82) is 0 Å². The van der Waals surface area contributed by atoms with Gasteiger partial charge in [-0.1, -0.05) is 180 Å². The van der Waals surface area contributed by atoms with E-state index in [0.717, 1.165) is 32.0 Å². The summed E-state index contributed by atoms with van der Waals surface area (Å²) in [6, 6.07) is 26.3. The number of aromatic hydroxyl groups is 2. The van der Waals surface area contributed by atoms with Crippen molar-refractivity contribution in [3.05, 3.63) is 203 Å². The first-order valence-corrected chi connectivity index (χ1v) is 44.7. The van der Waals surface area contributed by atoms with Crippen LogP contribution < -0.4 is 53.6 Å². The molecule has 0 unspecified atom stereocenters. The first-order valence-electron chi connectivity index (χ1n) is 43.6. The third-order valence-corrected chi connectivity index (χ3v) is 23.7. The van der Waals surface area contributed by atoms with Gasteiger partial charge in [-0.15, -0.1) is 11.8 Å². The molecular weight excluding hydrogens is 1700 g/mol. The lowest BCUT2D eigenvalue weighted by molar-refractivity contribution is -0.151. The van der Waals surface area contributed by atoms with Gasteiger partial charge in [-0.05, 0) is 108 Å². The van der Waals surface area contributed by atoms with Gasteiger partial charge in [-0.3, -0.25) is 76.7 Å². The van der Waals surface area contributed by atoms with Crippen molar-refractivity contribution >= 4 is 117 Å². The van der Waals surface area contributed by atoms with Gasteiger partial charge >= 0.3 is 5.97 Å². The minimum atomic E-state index is -1.91. The summed E-state index contributed by atoms with van der Waals surface area (Å²) in [6.45, 7) is 8.06. The third kappa shape index (κ3) is 31.3. The molecule has 8 rings (SSSR count). The van der Waals surface area contributed by atoms with Gasteiger partial charge in [0.15, 0.2) is 0 Å². The molecular formula is C95H122N16O19S. The molecule has 1 saturated heterocycles. The molecule has 0 bridgehead atoms. The molecule has 15 amide bonds. The summed E-state index contributed by atoms with van der Waals surface area (Å²) >= 11 is 0.836. The number of nitrogens with two attached hydrogens (primary N) is 1. The first kappa shape index (κ1) is 103. The number of primary amides is 1. The van der Waals surface area contributed by atoms with Crippen LogP contribution >= 0.6 is 11.8 Å². The number of nitrogens with one attached hydrogen (secondary N) is 10. The number of fused-ring (bicyclic) bond motifs is 1. The topological polar surface area (TPSA) is 500 Å². The minimum absolute atomic E-state index is 0.0301. The van der Waals surface area contributed by atoms with Gasteiger partial charge in [0.2, 0.25) is 88.6 Å². The second kappa shape index (κ2) is 49.8. The fraction of sp³-hybridized carbons (Fsp3) is 0.432. The summed E-state index contributed by atoms with van der Waals surface area (Å²) in [4.78, 5) is 244. The molecule has 131 heavy (non-hydrogen) atoms. The average Bonchev–Trinajstić information content (AvgIpc) is 1.28. The zero-order chi connectivity index (χ0) is 95.9. The Morgan fingerprint density at radius 2 is 0.954 bits per heavy atom. The number of rotatable bonds is 24. The Morgan fingerprint density at radius 3 is 1.53 bits per heavy atom. The summed E-state index contributed by atoms with van der Waals surface area (Å²) < 4.78 is 0. The van der Waals surface area contributed by atoms with E-state index in [1.54, 1.807) is 155 Å². The summed E-state index contributed by atoms with van der Waals surface area (Å²) in [5, 5.41) is 55.6. The number of nitrogens with zero attached hydrogens (tertiary/aromatic N) is 5. The molecule has 15 N–H and O–H groups in total. The van der Waals surface area contributed by atoms with Crippen molar-refractivity contribution in [3.63, 3.8) is 0 Å². The lowest BCUT2D eigenvalue weighted by atomic mass is 9.98. The molecule has 1 aromatic heterocycles. The highest BCUT2D eigenvalue weighted by atomic mass is 32.2. The number of aromatic amines is 1. The number of aromatic nitrogens is 1. The SMILES string of the molecule is CCCC[C@H]1C(=O)N(C)CC(=O)N[C@@H](CC(=O)O)C(=O)N[C@@H](C(C)C)C(=O)N(C)[C@@H](Cc2ccccc2)C(=O)N[C@@H](Cc2ccc(O)cc2)C(=O)N(C)CC(=O)N[C@@H](Cc2c[nH]c3ccccc23)C(=O)N[C@@H](CCc2ccc(O)cc2)C(=O)N[C@@H](CC(C)C)C(=O)N[C@H](C(=O)NCC(N)=O)CSCC(=O)N[C@@H](Cc2ccc(C)cc2)C(=O)N(C)[C@@H](Cc2ccccc2)C(=O)N1C. The smallest absolute Gasteiger partial charge is 0.305 e. The Hall–Kier alpha value is -13.7. The molecule has 1 fully saturated rings. The number of para-hydroxylation sites is 1. The summed E-state index contributed by atoms with van der Waals surface area (Å²) in [7, 11) is 6.56. The van der Waals surface area contributed by atoms with E-state index in [9.17, 15) is 48.9 Å². The molecule has 6 aromatic carbocycles. The largest absolute Gasteiger partial charge is 0.508 e. The van der Waals surface area contributed by atoms with E-state index in [1.807, 2.05) is 13.8 Å². The Kier molecular flexibility index (Phi) is 39.0. The number of hydrogen-bond donors (Lipinski definition) is 14. The summed E-state index contributed by atoms with van der Waals surface area (Å²) in [5.74, 6) is -17.2. The van der Waals surface area contributed by atoms with Crippen LogP contribution in [0.1, 0.15) is 112 Å². The van der Waals surface area contributed by atoms with Crippen LogP contribution in [-0.2, 0) is 115 Å². The number of carbonyl (C=O) groups is 16. The van der Waals surface area contributed by atoms with Crippen LogP contribution in [0.3, 0.4) is 0 Å². The number of carboxylic acids is 1. The number of unbranched alkanes of at least 4 members (excludes halogenated alkanes) is 1. The number of thioether (sulfide) groups is 1. The van der Waals surface area contributed by atoms with E-state index < -0.39 is 199 Å². The van der Waals surface area contributed by atoms with Crippen molar-refractivity contribution in [2.45, 2.75) is 185 Å². The zero-order valence-electron chi connectivity index (χ0n) is 75.7. The van der Waals surface area contributed by atoms with Crippen LogP contribution in [0.15, 0.2) is 164 Å². The van der Waals surface area contributed by atoms with Crippen LogP contribution in [0.4, 0.5) is 0 Å². The van der Waals surface area contributed by atoms with Crippen LogP contribution in [-0.4, -0.2) is 272 Å². The van der Waals surface area contributed by atoms with Crippen molar-refractivity contribution in [2.24, 2.45) is 17.6 Å². The number of benzene rings is 6. The molecule has 1 aliphatic heterocycles. The molecule has 702 valence electrons. The molecule has 0 aliphatic carbocycles. The van der Waals surface area contributed by atoms with E-state index in [0.29, 0.717) is 57.1 Å². The highest BCUT2D eigenvalue weighted by Gasteiger charge is 2.42. The predicted molar refractivity (Wildman–Crippen MR) is 491 cm³/mol. The number of carbonyl (C=O) groups excluding carboxylic acids is 15. The number of aliphatic carboxylic acids is 1. The average molecular weight is 1820 g/mol. The lowest BCUT2D eigenvalue weighted by Gasteiger charge is -2.37. The molecule has 11 atom stereocenters. The maximum atomic E-state index is 15.6. The summed E-state index contributed by atoms with van der Waals surface area (Å²) in [6.07, 6.45) is 0.332. The van der Waals surface area contributed by atoms with Crippen molar-refractivity contribution in [3.8, 4) is 11.5 Å². The molecule has 0 radical (unpaired) electrons. The van der Waals surface area contributed by atoms with Crippen molar-refractivity contribution < 1.29 is 92.0 Å². The standard InChI is InChI=1S/C95H122N16O19S/c1-12-13-28-76-93(128)108(8)53-81(116)100-72(49-83(118)119)89(124)106-84(57(4)5)95(130)110(10)77(46-60-22-16-14-17-23-60)90(125)104-73(44-63-35-40-66(113)41-36-63)91(126)107(7)52-80(115)99-71(48-64-50-97-68-27-21-20-26-67(64)68)88(123)102-69(42-37-59-33-38-65(112)39-34-59)86(121)103-70(43-56(2)3)87(122)105-75(85(120)98-51-79(96)114)54-131-55-82(117)101-74(45-62-31-29-58(6)30-32-62)92(127)111(11)78(94(129)109(76)9)47-61-24-18-15-19-25-61/h14-27,29-36,38-41,50,56-57,69-78,84,97,112-113H,12-13,28,37,42-49,51-55H2,1-11H3,(H2,96,114)(H,98,120)(H,99,115)(H,100,116)(H,101,117)(H,102,123)(H,103,121)(H,104,125)(H,105,122)(H,106,124)(H,118,119)/t69-,70-,71-,72-,73-,74-,75-,76-,77-,78-,84-/m0/s1. The third-order valence-electron chi connectivity index (χ3n) is 22.6. The molecule has 35 nitrogen and oxygen atoms in total. The lowest BCUT2D eigenvalue weighted by Crippen LogP contribution is -2.61. The maximum Gasteiger partial charge on any atom is 0.305 e. The van der Waals surface area contributed by atoms with Gasteiger partial charge in [0.05, 0.1) is 31.8 Å². The number of phenols is 2. The van der Waals surface area contributed by atoms with Crippen LogP contribution in [0.5, 0.6) is 11.5 Å². The van der Waals surface area contributed by atoms with Gasteiger partial charge < -0.3 is 98.4 Å². The number of carboxylic acid groups (broad SMARTS) is 1. The maximum absolute atomic E-state index is 15.6. The molecule has 1 aliphatic rings. The molecule has 36 heteroatoms. The summed E-state index contributed by atoms with van der Waals surface area (Å²) in [5.41, 5.74) is 10.2. The predicted octanol–water partition coefficient (Wildman–Crippen LogP) is 3.03. The fourth-order valence-electron chi connectivity index (χ4n) is 15.2. The molecule has 2 heterocycles. The molecule has 0 spiro atoms. The number of likely N-dealkylation sites (N-methyl/N-ethyl adjacent to an activating group) is 5. The highest BCUT2D eigenvalue weighted by molar-refractivity contribution is 8.00. The van der Waals surface area contributed by atoms with Crippen molar-refractivity contribution in [1.82, 2.24) is 77.3 Å². The van der Waals surface area contributed by atoms with Crippen molar-refractivity contribution in [2.75, 3.05) is 66.4 Å². The second-order valence-corrected chi connectivity index (χ2v) is 34.9. The number of phenolic OH excluding ortho intramolecular Hbond substituents is 2. The number of H-pyrrole nitrogens is 1. The second-order valence-electron chi connectivity index (χ2n) is 33.9. The Morgan fingerprint density at radius 1 is 0.473 bits per heavy atom. The normalized spacial score (nSPS) is 21.8. The van der Waals surface area contributed by atoms with Crippen LogP contribution in [0.2, 0.25) is 0 Å². The van der Waals surface area contributed by atoms with E-state index in [1.165, 1.54) is 81.4 Å². The number of hydrogen-bond acceptors (Lipinski definition) is 19. The molecule has 7 aromatic rings. The highest BCUT2D eigenvalue weighted by Crippen LogP contribution is 2.25. The monoisotopic (exact) mass is 1820 g/mol. The fourth-order valence-corrected chi connectivity index (χ4v) is 16.1. The van der Waals surface area contributed by atoms with E-state index in [-0.39, 0.29) is 81.0 Å². The van der Waals surface area contributed by atoms with Gasteiger partial charge in [-0.2, -0.15) is 0 Å². The minimum Gasteiger partial charge on any atom is -0.508 e. The van der Waals surface area contributed by atoms with Crippen LogP contribution in [0.25, 0.3) is 10.9 Å². The Bertz CT molecular complexity index is 5140. The molecule has 0 saturated carbocycles. The Labute approximate surface area is 766 Å². The van der Waals surface area contributed by atoms with Gasteiger partial charge in [0.25, 0.3) is 0 Å². The van der Waals surface area contributed by atoms with E-state index in [4.69, 9.17) is 5.73 Å². The first-order chi connectivity index (χ1) is 62.3.